The molecule has 1 atom stereocenters. The smallest absolute Gasteiger partial charge is 0.231 e. The van der Waals surface area contributed by atoms with Gasteiger partial charge in [-0.3, -0.25) is 4.79 Å². The summed E-state index contributed by atoms with van der Waals surface area (Å²) in [5.74, 6) is -2.43. The summed E-state index contributed by atoms with van der Waals surface area (Å²) in [4.78, 5) is 13.7. The maximum absolute atomic E-state index is 13.2. The number of amides is 1. The van der Waals surface area contributed by atoms with Crippen LogP contribution in [-0.4, -0.2) is 11.7 Å². The number of halogens is 3. The Bertz CT molecular complexity index is 882. The molecule has 0 fully saturated rings. The van der Waals surface area contributed by atoms with Crippen LogP contribution in [0.3, 0.4) is 0 Å². The number of rotatable bonds is 6. The SMILES string of the molecule is O=C(CSc1ccc(F)c(F)c1)NC(c1ccc(F)cc1)c1cccs1. The molecule has 0 saturated heterocycles. The molecule has 26 heavy (non-hydrogen) atoms. The molecular formula is C19H14F3NOS2. The lowest BCUT2D eigenvalue weighted by atomic mass is 10.1. The van der Waals surface area contributed by atoms with Crippen LogP contribution in [0.2, 0.25) is 0 Å². The van der Waals surface area contributed by atoms with Gasteiger partial charge in [0, 0.05) is 9.77 Å². The van der Waals surface area contributed by atoms with E-state index in [4.69, 9.17) is 0 Å². The lowest BCUT2D eigenvalue weighted by molar-refractivity contribution is -0.119. The van der Waals surface area contributed by atoms with E-state index >= 15 is 0 Å². The zero-order valence-electron chi connectivity index (χ0n) is 13.4. The van der Waals surface area contributed by atoms with Crippen LogP contribution in [0.15, 0.2) is 64.9 Å². The van der Waals surface area contributed by atoms with Crippen molar-refractivity contribution in [2.45, 2.75) is 10.9 Å². The van der Waals surface area contributed by atoms with Crippen LogP contribution < -0.4 is 5.32 Å². The number of hydrogen-bond acceptors (Lipinski definition) is 3. The minimum Gasteiger partial charge on any atom is -0.344 e. The third-order valence-corrected chi connectivity index (χ3v) is 5.53. The number of nitrogens with one attached hydrogen (secondary N) is 1. The molecule has 1 N–H and O–H groups in total. The van der Waals surface area contributed by atoms with Crippen molar-refractivity contribution in [2.75, 3.05) is 5.75 Å². The summed E-state index contributed by atoms with van der Waals surface area (Å²) < 4.78 is 39.4. The first-order valence-corrected chi connectivity index (χ1v) is 9.55. The minimum absolute atomic E-state index is 0.0497. The fourth-order valence-electron chi connectivity index (χ4n) is 2.35. The first kappa shape index (κ1) is 18.5. The molecule has 1 heterocycles. The van der Waals surface area contributed by atoms with Crippen molar-refractivity contribution in [2.24, 2.45) is 0 Å². The van der Waals surface area contributed by atoms with Crippen molar-refractivity contribution in [1.82, 2.24) is 5.32 Å². The van der Waals surface area contributed by atoms with E-state index in [1.54, 1.807) is 12.1 Å². The second-order valence-electron chi connectivity index (χ2n) is 5.43. The Hall–Kier alpha value is -2.25. The molecule has 1 amide bonds. The molecule has 0 radical (unpaired) electrons. The van der Waals surface area contributed by atoms with Crippen molar-refractivity contribution < 1.29 is 18.0 Å². The average Bonchev–Trinajstić information content (AvgIpc) is 3.16. The Morgan fingerprint density at radius 1 is 1.04 bits per heavy atom. The van der Waals surface area contributed by atoms with Gasteiger partial charge >= 0.3 is 0 Å². The molecule has 7 heteroatoms. The fourth-order valence-corrected chi connectivity index (χ4v) is 3.88. The molecule has 2 nitrogen and oxygen atoms in total. The van der Waals surface area contributed by atoms with Crippen molar-refractivity contribution in [3.63, 3.8) is 0 Å². The lowest BCUT2D eigenvalue weighted by Gasteiger charge is -2.18. The molecule has 0 aliphatic carbocycles. The maximum Gasteiger partial charge on any atom is 0.231 e. The Morgan fingerprint density at radius 2 is 1.81 bits per heavy atom. The van der Waals surface area contributed by atoms with Gasteiger partial charge in [-0.1, -0.05) is 18.2 Å². The second kappa shape index (κ2) is 8.42. The Kier molecular flexibility index (Phi) is 6.00. The quantitative estimate of drug-likeness (QED) is 0.586. The van der Waals surface area contributed by atoms with Crippen molar-refractivity contribution in [3.05, 3.63) is 87.9 Å². The monoisotopic (exact) mass is 393 g/mol. The number of thiophene rings is 1. The van der Waals surface area contributed by atoms with Gasteiger partial charge in [0.25, 0.3) is 0 Å². The van der Waals surface area contributed by atoms with Gasteiger partial charge in [-0.2, -0.15) is 0 Å². The molecule has 0 aliphatic heterocycles. The number of carbonyl (C=O) groups excluding carboxylic acids is 1. The minimum atomic E-state index is -0.946. The average molecular weight is 393 g/mol. The summed E-state index contributed by atoms with van der Waals surface area (Å²) in [5.41, 5.74) is 0.764. The predicted octanol–water partition coefficient (Wildman–Crippen LogP) is 5.16. The molecule has 134 valence electrons. The second-order valence-corrected chi connectivity index (χ2v) is 7.46. The van der Waals surface area contributed by atoms with Crippen LogP contribution in [0.25, 0.3) is 0 Å². The van der Waals surface area contributed by atoms with Gasteiger partial charge in [0.2, 0.25) is 5.91 Å². The summed E-state index contributed by atoms with van der Waals surface area (Å²) >= 11 is 2.60. The van der Waals surface area contributed by atoms with Crippen LogP contribution in [0, 0.1) is 17.5 Å². The van der Waals surface area contributed by atoms with E-state index in [9.17, 15) is 18.0 Å². The van der Waals surface area contributed by atoms with Crippen LogP contribution in [0.5, 0.6) is 0 Å². The van der Waals surface area contributed by atoms with E-state index in [0.29, 0.717) is 4.90 Å². The van der Waals surface area contributed by atoms with Gasteiger partial charge in [0.1, 0.15) is 5.82 Å². The van der Waals surface area contributed by atoms with Crippen LogP contribution in [-0.2, 0) is 4.79 Å². The van der Waals surface area contributed by atoms with Gasteiger partial charge in [-0.05, 0) is 47.3 Å². The van der Waals surface area contributed by atoms with Gasteiger partial charge in [0.15, 0.2) is 11.6 Å². The normalized spacial score (nSPS) is 12.0. The molecule has 3 aromatic rings. The highest BCUT2D eigenvalue weighted by molar-refractivity contribution is 8.00. The van der Waals surface area contributed by atoms with E-state index in [1.807, 2.05) is 17.5 Å². The fraction of sp³-hybridized carbons (Fsp3) is 0.105. The molecule has 1 unspecified atom stereocenters. The largest absolute Gasteiger partial charge is 0.344 e. The van der Waals surface area contributed by atoms with Crippen LogP contribution >= 0.6 is 23.1 Å². The summed E-state index contributed by atoms with van der Waals surface area (Å²) in [6.07, 6.45) is 0. The molecule has 1 aromatic heterocycles. The third-order valence-electron chi connectivity index (χ3n) is 3.60. The highest BCUT2D eigenvalue weighted by Gasteiger charge is 2.18. The molecule has 0 saturated carbocycles. The van der Waals surface area contributed by atoms with Crippen LogP contribution in [0.1, 0.15) is 16.5 Å². The van der Waals surface area contributed by atoms with Crippen LogP contribution in [0.4, 0.5) is 13.2 Å². The van der Waals surface area contributed by atoms with Crippen molar-refractivity contribution in [1.29, 1.82) is 0 Å². The van der Waals surface area contributed by atoms with E-state index in [0.717, 1.165) is 34.3 Å². The topological polar surface area (TPSA) is 29.1 Å². The Balaban J connectivity index is 1.69. The molecular weight excluding hydrogens is 379 g/mol. The standard InChI is InChI=1S/C19H14F3NOS2/c20-13-5-3-12(4-6-13)19(17-2-1-9-25-17)23-18(24)11-26-14-7-8-15(21)16(22)10-14/h1-10,19H,11H2,(H,23,24). The highest BCUT2D eigenvalue weighted by Crippen LogP contribution is 2.27. The summed E-state index contributed by atoms with van der Waals surface area (Å²) in [7, 11) is 0. The number of benzene rings is 2. The molecule has 3 rings (SSSR count). The van der Waals surface area contributed by atoms with Crippen molar-refractivity contribution in [3.8, 4) is 0 Å². The van der Waals surface area contributed by atoms with Gasteiger partial charge in [-0.25, -0.2) is 13.2 Å². The maximum atomic E-state index is 13.2. The zero-order valence-corrected chi connectivity index (χ0v) is 15.0. The third kappa shape index (κ3) is 4.68. The Labute approximate surface area is 157 Å². The predicted molar refractivity (Wildman–Crippen MR) is 97.8 cm³/mol. The van der Waals surface area contributed by atoms with E-state index in [2.05, 4.69) is 5.32 Å². The lowest BCUT2D eigenvalue weighted by Crippen LogP contribution is -2.30. The van der Waals surface area contributed by atoms with Gasteiger partial charge < -0.3 is 5.32 Å². The summed E-state index contributed by atoms with van der Waals surface area (Å²) in [6, 6.07) is 12.8. The molecule has 0 bridgehead atoms. The van der Waals surface area contributed by atoms with Crippen molar-refractivity contribution >= 4 is 29.0 Å². The van der Waals surface area contributed by atoms with E-state index in [1.165, 1.54) is 29.5 Å². The Morgan fingerprint density at radius 3 is 2.46 bits per heavy atom. The molecule has 2 aromatic carbocycles. The number of thioether (sulfide) groups is 1. The number of carbonyl (C=O) groups is 1. The number of hydrogen-bond donors (Lipinski definition) is 1. The molecule has 0 aliphatic rings. The highest BCUT2D eigenvalue weighted by atomic mass is 32.2. The first-order chi connectivity index (χ1) is 12.5. The van der Waals surface area contributed by atoms with Gasteiger partial charge in [-0.15, -0.1) is 23.1 Å². The summed E-state index contributed by atoms with van der Waals surface area (Å²) in [5, 5.41) is 4.81. The molecule has 0 spiro atoms. The van der Waals surface area contributed by atoms with Gasteiger partial charge in [0.05, 0.1) is 11.8 Å². The summed E-state index contributed by atoms with van der Waals surface area (Å²) in [6.45, 7) is 0. The van der Waals surface area contributed by atoms with E-state index in [-0.39, 0.29) is 17.5 Å². The van der Waals surface area contributed by atoms with E-state index < -0.39 is 17.7 Å². The first-order valence-electron chi connectivity index (χ1n) is 7.69. The zero-order chi connectivity index (χ0) is 18.5.